The SMILES string of the molecule is N#Cc1ccc(Br)cc1NC1CCC(=O)NC1. The van der Waals surface area contributed by atoms with E-state index < -0.39 is 0 Å². The lowest BCUT2D eigenvalue weighted by atomic mass is 10.1. The average Bonchev–Trinajstić information content (AvgIpc) is 2.32. The number of halogens is 1. The minimum Gasteiger partial charge on any atom is -0.379 e. The number of nitriles is 1. The topological polar surface area (TPSA) is 64.9 Å². The number of carbonyl (C=O) groups is 1. The number of rotatable bonds is 2. The van der Waals surface area contributed by atoms with Crippen molar-refractivity contribution in [2.75, 3.05) is 11.9 Å². The van der Waals surface area contributed by atoms with Crippen LogP contribution in [0.25, 0.3) is 0 Å². The highest BCUT2D eigenvalue weighted by molar-refractivity contribution is 9.10. The summed E-state index contributed by atoms with van der Waals surface area (Å²) < 4.78 is 0.929. The Morgan fingerprint density at radius 1 is 1.53 bits per heavy atom. The maximum atomic E-state index is 11.0. The molecule has 0 saturated carbocycles. The van der Waals surface area contributed by atoms with Crippen molar-refractivity contribution in [3.63, 3.8) is 0 Å². The van der Waals surface area contributed by atoms with Gasteiger partial charge < -0.3 is 10.6 Å². The third kappa shape index (κ3) is 2.98. The number of piperidine rings is 1. The van der Waals surface area contributed by atoms with Crippen molar-refractivity contribution in [2.45, 2.75) is 18.9 Å². The summed E-state index contributed by atoms with van der Waals surface area (Å²) in [5.74, 6) is 0.0952. The molecular formula is C12H12BrN3O. The van der Waals surface area contributed by atoms with Gasteiger partial charge in [-0.2, -0.15) is 5.26 Å². The van der Waals surface area contributed by atoms with Crippen LogP contribution in [0, 0.1) is 11.3 Å². The molecule has 0 bridgehead atoms. The van der Waals surface area contributed by atoms with E-state index in [4.69, 9.17) is 5.26 Å². The number of anilines is 1. The van der Waals surface area contributed by atoms with Gasteiger partial charge in [0, 0.05) is 23.5 Å². The number of amides is 1. The normalized spacial score (nSPS) is 19.3. The first-order chi connectivity index (χ1) is 8.19. The van der Waals surface area contributed by atoms with Gasteiger partial charge in [0.15, 0.2) is 0 Å². The van der Waals surface area contributed by atoms with Gasteiger partial charge in [-0.15, -0.1) is 0 Å². The van der Waals surface area contributed by atoms with E-state index >= 15 is 0 Å². The Balaban J connectivity index is 2.10. The molecule has 4 nitrogen and oxygen atoms in total. The molecule has 2 rings (SSSR count). The molecule has 1 aliphatic rings. The predicted molar refractivity (Wildman–Crippen MR) is 68.5 cm³/mol. The van der Waals surface area contributed by atoms with Crippen LogP contribution in [0.15, 0.2) is 22.7 Å². The van der Waals surface area contributed by atoms with Crippen molar-refractivity contribution in [1.29, 1.82) is 5.26 Å². The van der Waals surface area contributed by atoms with Crippen molar-refractivity contribution < 1.29 is 4.79 Å². The second-order valence-electron chi connectivity index (χ2n) is 3.99. The summed E-state index contributed by atoms with van der Waals surface area (Å²) in [6, 6.07) is 7.83. The lowest BCUT2D eigenvalue weighted by Gasteiger charge is -2.24. The van der Waals surface area contributed by atoms with E-state index in [1.807, 2.05) is 12.1 Å². The van der Waals surface area contributed by atoms with E-state index in [0.717, 1.165) is 16.6 Å². The van der Waals surface area contributed by atoms with Crippen LogP contribution in [-0.4, -0.2) is 18.5 Å². The molecule has 2 N–H and O–H groups in total. The first kappa shape index (κ1) is 11.9. The molecule has 1 heterocycles. The molecule has 1 saturated heterocycles. The maximum absolute atomic E-state index is 11.0. The summed E-state index contributed by atoms with van der Waals surface area (Å²) in [6.45, 7) is 0.607. The fourth-order valence-electron chi connectivity index (χ4n) is 1.81. The van der Waals surface area contributed by atoms with E-state index in [-0.39, 0.29) is 11.9 Å². The van der Waals surface area contributed by atoms with Crippen molar-refractivity contribution in [2.24, 2.45) is 0 Å². The minimum absolute atomic E-state index is 0.0952. The van der Waals surface area contributed by atoms with Gasteiger partial charge >= 0.3 is 0 Å². The molecule has 1 unspecified atom stereocenters. The number of hydrogen-bond acceptors (Lipinski definition) is 3. The molecule has 0 aromatic heterocycles. The lowest BCUT2D eigenvalue weighted by Crippen LogP contribution is -2.42. The van der Waals surface area contributed by atoms with Gasteiger partial charge in [-0.1, -0.05) is 15.9 Å². The number of nitrogens with zero attached hydrogens (tertiary/aromatic N) is 1. The van der Waals surface area contributed by atoms with Crippen LogP contribution in [0.4, 0.5) is 5.69 Å². The fraction of sp³-hybridized carbons (Fsp3) is 0.333. The zero-order chi connectivity index (χ0) is 12.3. The highest BCUT2D eigenvalue weighted by Gasteiger charge is 2.18. The Kier molecular flexibility index (Phi) is 3.64. The summed E-state index contributed by atoms with van der Waals surface area (Å²) in [7, 11) is 0. The van der Waals surface area contributed by atoms with Crippen LogP contribution in [0.2, 0.25) is 0 Å². The smallest absolute Gasteiger partial charge is 0.220 e. The molecule has 0 spiro atoms. The molecule has 1 fully saturated rings. The van der Waals surface area contributed by atoms with Crippen LogP contribution in [-0.2, 0) is 4.79 Å². The Hall–Kier alpha value is -1.54. The number of carbonyl (C=O) groups excluding carboxylic acids is 1. The Bertz CT molecular complexity index is 471. The van der Waals surface area contributed by atoms with Gasteiger partial charge in [-0.05, 0) is 24.6 Å². The van der Waals surface area contributed by atoms with Gasteiger partial charge in [-0.25, -0.2) is 0 Å². The number of nitrogens with one attached hydrogen (secondary N) is 2. The van der Waals surface area contributed by atoms with Crippen molar-refractivity contribution in [1.82, 2.24) is 5.32 Å². The summed E-state index contributed by atoms with van der Waals surface area (Å²) in [5, 5.41) is 15.1. The molecule has 1 aromatic carbocycles. The van der Waals surface area contributed by atoms with E-state index in [1.54, 1.807) is 6.07 Å². The van der Waals surface area contributed by atoms with Crippen LogP contribution in [0.1, 0.15) is 18.4 Å². The van der Waals surface area contributed by atoms with E-state index in [1.165, 1.54) is 0 Å². The van der Waals surface area contributed by atoms with Crippen LogP contribution >= 0.6 is 15.9 Å². The first-order valence-corrected chi connectivity index (χ1v) is 6.21. The van der Waals surface area contributed by atoms with Gasteiger partial charge in [0.2, 0.25) is 5.91 Å². The molecule has 1 amide bonds. The molecular weight excluding hydrogens is 282 g/mol. The second-order valence-corrected chi connectivity index (χ2v) is 4.90. The van der Waals surface area contributed by atoms with Crippen molar-refractivity contribution in [3.05, 3.63) is 28.2 Å². The molecule has 0 radical (unpaired) electrons. The van der Waals surface area contributed by atoms with Gasteiger partial charge in [0.05, 0.1) is 11.3 Å². The second kappa shape index (κ2) is 5.19. The highest BCUT2D eigenvalue weighted by Crippen LogP contribution is 2.22. The van der Waals surface area contributed by atoms with Gasteiger partial charge in [-0.3, -0.25) is 4.79 Å². The quantitative estimate of drug-likeness (QED) is 0.877. The molecule has 88 valence electrons. The molecule has 0 aliphatic carbocycles. The van der Waals surface area contributed by atoms with E-state index in [0.29, 0.717) is 18.5 Å². The number of hydrogen-bond donors (Lipinski definition) is 2. The summed E-state index contributed by atoms with van der Waals surface area (Å²) in [6.07, 6.45) is 1.33. The highest BCUT2D eigenvalue weighted by atomic mass is 79.9. The summed E-state index contributed by atoms with van der Waals surface area (Å²) in [5.41, 5.74) is 1.42. The average molecular weight is 294 g/mol. The lowest BCUT2D eigenvalue weighted by molar-refractivity contribution is -0.122. The third-order valence-corrected chi connectivity index (χ3v) is 3.22. The molecule has 1 aromatic rings. The van der Waals surface area contributed by atoms with Crippen LogP contribution in [0.3, 0.4) is 0 Å². The standard InChI is InChI=1S/C12H12BrN3O/c13-9-2-1-8(6-14)11(5-9)16-10-3-4-12(17)15-7-10/h1-2,5,10,16H,3-4,7H2,(H,15,17). The fourth-order valence-corrected chi connectivity index (χ4v) is 2.17. The largest absolute Gasteiger partial charge is 0.379 e. The number of benzene rings is 1. The third-order valence-electron chi connectivity index (χ3n) is 2.73. The molecule has 17 heavy (non-hydrogen) atoms. The van der Waals surface area contributed by atoms with E-state index in [2.05, 4.69) is 32.6 Å². The van der Waals surface area contributed by atoms with Gasteiger partial charge in [0.1, 0.15) is 6.07 Å². The molecule has 1 atom stereocenters. The zero-order valence-corrected chi connectivity index (χ0v) is 10.8. The van der Waals surface area contributed by atoms with Gasteiger partial charge in [0.25, 0.3) is 0 Å². The first-order valence-electron chi connectivity index (χ1n) is 5.42. The summed E-state index contributed by atoms with van der Waals surface area (Å²) >= 11 is 3.38. The minimum atomic E-state index is 0.0952. The Labute approximate surface area is 108 Å². The van der Waals surface area contributed by atoms with Crippen molar-refractivity contribution >= 4 is 27.5 Å². The summed E-state index contributed by atoms with van der Waals surface area (Å²) in [4.78, 5) is 11.0. The van der Waals surface area contributed by atoms with Crippen molar-refractivity contribution in [3.8, 4) is 6.07 Å². The van der Waals surface area contributed by atoms with Crippen LogP contribution < -0.4 is 10.6 Å². The van der Waals surface area contributed by atoms with Crippen LogP contribution in [0.5, 0.6) is 0 Å². The predicted octanol–water partition coefficient (Wildman–Crippen LogP) is 2.01. The van der Waals surface area contributed by atoms with E-state index in [9.17, 15) is 4.79 Å². The molecule has 1 aliphatic heterocycles. The Morgan fingerprint density at radius 2 is 2.35 bits per heavy atom. The monoisotopic (exact) mass is 293 g/mol. The zero-order valence-electron chi connectivity index (χ0n) is 9.16. The molecule has 5 heteroatoms. The maximum Gasteiger partial charge on any atom is 0.220 e. The Morgan fingerprint density at radius 3 is 3.00 bits per heavy atom.